The first-order chi connectivity index (χ1) is 24.4. The van der Waals surface area contributed by atoms with Gasteiger partial charge in [-0.25, -0.2) is 4.99 Å². The lowest BCUT2D eigenvalue weighted by Gasteiger charge is -2.30. The van der Waals surface area contributed by atoms with E-state index in [1.165, 1.54) is 0 Å². The second-order valence-electron chi connectivity index (χ2n) is 11.7. The van der Waals surface area contributed by atoms with Crippen LogP contribution in [0.5, 0.6) is 5.75 Å². The topological polar surface area (TPSA) is 80.2 Å². The number of carbonyl (C=O) groups is 1. The van der Waals surface area contributed by atoms with Gasteiger partial charge in [0.1, 0.15) is 5.75 Å². The van der Waals surface area contributed by atoms with E-state index in [9.17, 15) is 4.79 Å². The van der Waals surface area contributed by atoms with Crippen LogP contribution in [0, 0.1) is 0 Å². The molecule has 2 atom stereocenters. The molecule has 2 N–H and O–H groups in total. The molecule has 0 aliphatic carbocycles. The molecule has 1 aliphatic heterocycles. The van der Waals surface area contributed by atoms with E-state index in [-0.39, 0.29) is 25.5 Å². The molecule has 9 heteroatoms. The Hall–Kier alpha value is -4.53. The fourth-order valence-corrected chi connectivity index (χ4v) is 7.11. The average Bonchev–Trinajstić information content (AvgIpc) is 3.52. The number of hydrogen-bond acceptors (Lipinski definition) is 6. The van der Waals surface area contributed by atoms with Crippen LogP contribution in [0.4, 0.5) is 0 Å². The highest BCUT2D eigenvalue weighted by molar-refractivity contribution is 7.99. The van der Waals surface area contributed by atoms with Crippen LogP contribution in [0.1, 0.15) is 41.2 Å². The lowest BCUT2D eigenvalue weighted by molar-refractivity contribution is -0.129. The van der Waals surface area contributed by atoms with Gasteiger partial charge in [0.05, 0.1) is 6.61 Å². The molecule has 6 rings (SSSR count). The predicted octanol–water partition coefficient (Wildman–Crippen LogP) is 9.58. The number of hydrogen-bond donors (Lipinski definition) is 2. The molecule has 1 heterocycles. The maximum Gasteiger partial charge on any atom is 0.252 e. The molecule has 0 fully saturated rings. The largest absolute Gasteiger partial charge is 0.494 e. The van der Waals surface area contributed by atoms with Crippen LogP contribution in [0.2, 0.25) is 10.0 Å². The minimum absolute atomic E-state index is 0.0533. The predicted molar refractivity (Wildman–Crippen MR) is 202 cm³/mol. The number of aliphatic hydroxyl groups excluding tert-OH is 1. The van der Waals surface area contributed by atoms with Crippen LogP contribution in [0.25, 0.3) is 6.08 Å². The standard InChI is InChI=1S/C41H36Cl2N2O4S/c42-32-20-23-35(36(43)27-32)38-41(24-9-13-29-11-3-1-4-12-29,45-39(49-38)30-18-21-33(22-19-30)48-26-10-25-46)40(47)44-28-31-14-7-8-17-37(31)50-34-15-5-2-6-16-34/h1-9,11-23,27,38,46H,10,24-26,28H2,(H,44,47)/b13-9+/t38-,41-/m1/s1. The number of rotatable bonds is 14. The number of carbonyl (C=O) groups excluding carboxylic acids is 1. The smallest absolute Gasteiger partial charge is 0.252 e. The molecule has 1 aliphatic rings. The van der Waals surface area contributed by atoms with Crippen molar-refractivity contribution in [1.82, 2.24) is 5.32 Å². The van der Waals surface area contributed by atoms with E-state index >= 15 is 0 Å². The van der Waals surface area contributed by atoms with Gasteiger partial charge in [0.2, 0.25) is 5.90 Å². The first kappa shape index (κ1) is 35.3. The zero-order chi connectivity index (χ0) is 34.8. The summed E-state index contributed by atoms with van der Waals surface area (Å²) in [5, 5.41) is 13.2. The third kappa shape index (κ3) is 8.60. The first-order valence-corrected chi connectivity index (χ1v) is 17.9. The SMILES string of the molecule is O=C(NCc1ccccc1Sc1ccccc1)[C@]1(C/C=C/c2ccccc2)N=C(c2ccc(OCCCO)cc2)O[C@@H]1c1ccc(Cl)cc1Cl. The number of ether oxygens (including phenoxy) is 2. The molecule has 0 spiro atoms. The van der Waals surface area contributed by atoms with Crippen LogP contribution in [-0.4, -0.2) is 35.7 Å². The second kappa shape index (κ2) is 16.9. The van der Waals surface area contributed by atoms with Gasteiger partial charge in [-0.3, -0.25) is 4.79 Å². The summed E-state index contributed by atoms with van der Waals surface area (Å²) in [5.41, 5.74) is 1.83. The molecule has 6 nitrogen and oxygen atoms in total. The highest BCUT2D eigenvalue weighted by Crippen LogP contribution is 2.45. The van der Waals surface area contributed by atoms with Crippen molar-refractivity contribution in [2.75, 3.05) is 13.2 Å². The maximum atomic E-state index is 14.7. The van der Waals surface area contributed by atoms with Crippen LogP contribution in [0.3, 0.4) is 0 Å². The van der Waals surface area contributed by atoms with E-state index in [0.717, 1.165) is 20.9 Å². The Balaban J connectivity index is 1.37. The molecule has 0 bridgehead atoms. The van der Waals surface area contributed by atoms with E-state index in [4.69, 9.17) is 42.8 Å². The van der Waals surface area contributed by atoms with Gasteiger partial charge in [-0.05, 0) is 65.7 Å². The van der Waals surface area contributed by atoms with Gasteiger partial charge in [0.25, 0.3) is 5.91 Å². The van der Waals surface area contributed by atoms with Gasteiger partial charge >= 0.3 is 0 Å². The molecular weight excluding hydrogens is 687 g/mol. The number of halogens is 2. The van der Waals surface area contributed by atoms with Gasteiger partial charge < -0.3 is 19.9 Å². The van der Waals surface area contributed by atoms with Crippen molar-refractivity contribution in [3.05, 3.63) is 166 Å². The Morgan fingerprint density at radius 3 is 2.38 bits per heavy atom. The number of amides is 1. The van der Waals surface area contributed by atoms with Crippen molar-refractivity contribution in [1.29, 1.82) is 0 Å². The number of nitrogens with zero attached hydrogens (tertiary/aromatic N) is 1. The number of benzene rings is 5. The van der Waals surface area contributed by atoms with Gasteiger partial charge in [0.15, 0.2) is 11.6 Å². The fourth-order valence-electron chi connectivity index (χ4n) is 5.64. The molecule has 0 unspecified atom stereocenters. The summed E-state index contributed by atoms with van der Waals surface area (Å²) in [6.45, 7) is 0.733. The average molecular weight is 724 g/mol. The molecule has 0 saturated heterocycles. The summed E-state index contributed by atoms with van der Waals surface area (Å²) in [5.74, 6) is 0.663. The van der Waals surface area contributed by atoms with Crippen molar-refractivity contribution in [2.24, 2.45) is 4.99 Å². The minimum atomic E-state index is -1.42. The first-order valence-electron chi connectivity index (χ1n) is 16.3. The van der Waals surface area contributed by atoms with Crippen LogP contribution >= 0.6 is 35.0 Å². The zero-order valence-electron chi connectivity index (χ0n) is 27.2. The number of aliphatic hydroxyl groups is 1. The van der Waals surface area contributed by atoms with Gasteiger partial charge in [0, 0.05) is 57.0 Å². The molecule has 0 aromatic heterocycles. The Labute approximate surface area is 306 Å². The monoisotopic (exact) mass is 722 g/mol. The number of aliphatic imine (C=N–C) groups is 1. The summed E-state index contributed by atoms with van der Waals surface area (Å²) >= 11 is 14.8. The lowest BCUT2D eigenvalue weighted by Crippen LogP contribution is -2.48. The lowest BCUT2D eigenvalue weighted by atomic mass is 9.84. The highest BCUT2D eigenvalue weighted by Gasteiger charge is 2.53. The second-order valence-corrected chi connectivity index (χ2v) is 13.6. The fraction of sp³-hybridized carbons (Fsp3) is 0.171. The Morgan fingerprint density at radius 1 is 0.920 bits per heavy atom. The molecule has 0 saturated carbocycles. The van der Waals surface area contributed by atoms with Gasteiger partial charge in [-0.2, -0.15) is 0 Å². The van der Waals surface area contributed by atoms with E-state index in [1.54, 1.807) is 30.0 Å². The van der Waals surface area contributed by atoms with Crippen LogP contribution in [-0.2, 0) is 16.1 Å². The summed E-state index contributed by atoms with van der Waals surface area (Å²) < 4.78 is 12.4. The van der Waals surface area contributed by atoms with Crippen LogP contribution in [0.15, 0.2) is 148 Å². The van der Waals surface area contributed by atoms with Crippen molar-refractivity contribution < 1.29 is 19.4 Å². The molecular formula is C41H36Cl2N2O4S. The zero-order valence-corrected chi connectivity index (χ0v) is 29.5. The Kier molecular flexibility index (Phi) is 11.9. The number of nitrogens with one attached hydrogen (secondary N) is 1. The Bertz CT molecular complexity index is 1960. The maximum absolute atomic E-state index is 14.7. The highest BCUT2D eigenvalue weighted by atomic mass is 35.5. The third-order valence-corrected chi connectivity index (χ3v) is 9.89. The van der Waals surface area contributed by atoms with E-state index in [0.29, 0.717) is 45.8 Å². The van der Waals surface area contributed by atoms with E-state index < -0.39 is 11.6 Å². The molecule has 5 aromatic rings. The van der Waals surface area contributed by atoms with E-state index in [1.807, 2.05) is 103 Å². The molecule has 1 amide bonds. The van der Waals surface area contributed by atoms with Crippen LogP contribution < -0.4 is 10.1 Å². The normalized spacial score (nSPS) is 16.9. The molecule has 0 radical (unpaired) electrons. The van der Waals surface area contributed by atoms with Crippen molar-refractivity contribution in [2.45, 2.75) is 40.8 Å². The van der Waals surface area contributed by atoms with Gasteiger partial charge in [-0.15, -0.1) is 0 Å². The van der Waals surface area contributed by atoms with Crippen molar-refractivity contribution >= 4 is 52.8 Å². The summed E-state index contributed by atoms with van der Waals surface area (Å²) in [6, 6.07) is 40.6. The Morgan fingerprint density at radius 2 is 1.64 bits per heavy atom. The summed E-state index contributed by atoms with van der Waals surface area (Å²) in [4.78, 5) is 22.0. The summed E-state index contributed by atoms with van der Waals surface area (Å²) in [6.07, 6.45) is 3.83. The summed E-state index contributed by atoms with van der Waals surface area (Å²) in [7, 11) is 0. The van der Waals surface area contributed by atoms with Crippen molar-refractivity contribution in [3.8, 4) is 5.75 Å². The molecule has 5 aromatic carbocycles. The third-order valence-electron chi connectivity index (χ3n) is 8.20. The van der Waals surface area contributed by atoms with E-state index in [2.05, 4.69) is 23.5 Å². The minimum Gasteiger partial charge on any atom is -0.494 e. The molecule has 50 heavy (non-hydrogen) atoms. The van der Waals surface area contributed by atoms with Crippen molar-refractivity contribution in [3.63, 3.8) is 0 Å². The molecule has 254 valence electrons. The quantitative estimate of drug-likeness (QED) is 0.112. The van der Waals surface area contributed by atoms with Gasteiger partial charge in [-0.1, -0.05) is 120 Å².